The Labute approximate surface area is 111 Å². The van der Waals surface area contributed by atoms with Crippen molar-refractivity contribution < 1.29 is 14.3 Å². The van der Waals surface area contributed by atoms with Crippen molar-refractivity contribution >= 4 is 23.5 Å². The molecule has 0 spiro atoms. The van der Waals surface area contributed by atoms with Gasteiger partial charge in [0.15, 0.2) is 0 Å². The predicted molar refractivity (Wildman–Crippen MR) is 69.3 cm³/mol. The minimum atomic E-state index is -0.833. The Morgan fingerprint density at radius 1 is 1.33 bits per heavy atom. The smallest absolute Gasteiger partial charge is 0.397 e. The minimum Gasteiger partial charge on any atom is -0.459 e. The lowest BCUT2D eigenvalue weighted by Crippen LogP contribution is -2.36. The van der Waals surface area contributed by atoms with Gasteiger partial charge in [-0.3, -0.25) is 4.79 Å². The van der Waals surface area contributed by atoms with Crippen molar-refractivity contribution in [2.45, 2.75) is 19.9 Å². The number of carbonyl (C=O) groups excluding carboxylic acids is 2. The minimum absolute atomic E-state index is 0.188. The number of nitrogens with zero attached hydrogens (tertiary/aromatic N) is 1. The maximum absolute atomic E-state index is 11.7. The van der Waals surface area contributed by atoms with Crippen molar-refractivity contribution in [1.29, 1.82) is 0 Å². The zero-order valence-electron chi connectivity index (χ0n) is 10.6. The van der Waals surface area contributed by atoms with Crippen LogP contribution in [0.2, 0.25) is 5.02 Å². The number of likely N-dealkylation sites (N-methyl/N-ethyl adjacent to an activating group) is 1. The number of carbonyl (C=O) groups is 2. The molecule has 0 heterocycles. The van der Waals surface area contributed by atoms with Crippen LogP contribution < -0.4 is 0 Å². The van der Waals surface area contributed by atoms with Crippen molar-refractivity contribution in [3.8, 4) is 0 Å². The molecule has 1 rings (SSSR count). The third-order valence-electron chi connectivity index (χ3n) is 2.70. The van der Waals surface area contributed by atoms with Gasteiger partial charge in [-0.25, -0.2) is 4.79 Å². The summed E-state index contributed by atoms with van der Waals surface area (Å²) >= 11 is 5.80. The predicted octanol–water partition coefficient (Wildman–Crippen LogP) is 2.42. The van der Waals surface area contributed by atoms with E-state index >= 15 is 0 Å². The summed E-state index contributed by atoms with van der Waals surface area (Å²) in [5, 5.41) is 0.630. The SMILES string of the molecule is CCOC(=O)C(=O)N(C)C(C)c1ccc(Cl)cc1. The van der Waals surface area contributed by atoms with E-state index in [1.54, 1.807) is 26.1 Å². The second-order valence-electron chi connectivity index (χ2n) is 3.86. The molecule has 0 N–H and O–H groups in total. The number of halogens is 1. The van der Waals surface area contributed by atoms with Gasteiger partial charge in [-0.15, -0.1) is 0 Å². The van der Waals surface area contributed by atoms with Crippen LogP contribution in [-0.4, -0.2) is 30.4 Å². The highest BCUT2D eigenvalue weighted by molar-refractivity contribution is 6.32. The van der Waals surface area contributed by atoms with E-state index in [0.717, 1.165) is 5.56 Å². The summed E-state index contributed by atoms with van der Waals surface area (Å²) in [4.78, 5) is 24.4. The highest BCUT2D eigenvalue weighted by atomic mass is 35.5. The van der Waals surface area contributed by atoms with Gasteiger partial charge >= 0.3 is 11.9 Å². The Morgan fingerprint density at radius 2 is 1.89 bits per heavy atom. The molecule has 0 radical (unpaired) electrons. The zero-order chi connectivity index (χ0) is 13.7. The quantitative estimate of drug-likeness (QED) is 0.625. The normalized spacial score (nSPS) is 11.8. The summed E-state index contributed by atoms with van der Waals surface area (Å²) in [5.74, 6) is -1.49. The highest BCUT2D eigenvalue weighted by Gasteiger charge is 2.24. The molecule has 1 aromatic rings. The molecule has 1 amide bonds. The molecule has 0 aliphatic rings. The van der Waals surface area contributed by atoms with Gasteiger partial charge in [0.1, 0.15) is 0 Å². The van der Waals surface area contributed by atoms with Crippen LogP contribution in [0.15, 0.2) is 24.3 Å². The Balaban J connectivity index is 2.77. The molecule has 0 aromatic heterocycles. The first-order valence-corrected chi connectivity index (χ1v) is 6.04. The molecule has 1 atom stereocenters. The van der Waals surface area contributed by atoms with Crippen LogP contribution in [0.5, 0.6) is 0 Å². The van der Waals surface area contributed by atoms with E-state index in [2.05, 4.69) is 4.74 Å². The Hall–Kier alpha value is -1.55. The fourth-order valence-electron chi connectivity index (χ4n) is 1.48. The number of esters is 1. The molecule has 98 valence electrons. The van der Waals surface area contributed by atoms with Gasteiger partial charge in [-0.2, -0.15) is 0 Å². The van der Waals surface area contributed by atoms with Gasteiger partial charge in [0, 0.05) is 12.1 Å². The fraction of sp³-hybridized carbons (Fsp3) is 0.385. The lowest BCUT2D eigenvalue weighted by atomic mass is 10.1. The van der Waals surface area contributed by atoms with Crippen LogP contribution in [0.4, 0.5) is 0 Å². The number of rotatable bonds is 3. The van der Waals surface area contributed by atoms with Crippen molar-refractivity contribution in [2.75, 3.05) is 13.7 Å². The second-order valence-corrected chi connectivity index (χ2v) is 4.30. The summed E-state index contributed by atoms with van der Waals surface area (Å²) in [7, 11) is 1.57. The summed E-state index contributed by atoms with van der Waals surface area (Å²) in [6, 6.07) is 6.91. The molecule has 4 nitrogen and oxygen atoms in total. The molecule has 1 aromatic carbocycles. The topological polar surface area (TPSA) is 46.6 Å². The number of hydrogen-bond donors (Lipinski definition) is 0. The maximum Gasteiger partial charge on any atom is 0.397 e. The van der Waals surface area contributed by atoms with Crippen LogP contribution in [0.25, 0.3) is 0 Å². The van der Waals surface area contributed by atoms with Crippen molar-refractivity contribution in [3.63, 3.8) is 0 Å². The first kappa shape index (κ1) is 14.5. The lowest BCUT2D eigenvalue weighted by Gasteiger charge is -2.24. The average molecular weight is 270 g/mol. The lowest BCUT2D eigenvalue weighted by molar-refractivity contribution is -0.160. The van der Waals surface area contributed by atoms with Crippen LogP contribution >= 0.6 is 11.6 Å². The molecular formula is C13H16ClNO3. The molecule has 0 aliphatic carbocycles. The number of amides is 1. The first-order chi connectivity index (χ1) is 8.47. The van der Waals surface area contributed by atoms with Gasteiger partial charge in [-0.1, -0.05) is 23.7 Å². The Bertz CT molecular complexity index is 430. The van der Waals surface area contributed by atoms with Gasteiger partial charge in [0.2, 0.25) is 0 Å². The number of benzene rings is 1. The fourth-order valence-corrected chi connectivity index (χ4v) is 1.60. The van der Waals surface area contributed by atoms with Crippen molar-refractivity contribution in [1.82, 2.24) is 4.90 Å². The summed E-state index contributed by atoms with van der Waals surface area (Å²) in [6.45, 7) is 3.68. The number of ether oxygens (including phenoxy) is 1. The molecule has 0 bridgehead atoms. The molecule has 0 fully saturated rings. The summed E-state index contributed by atoms with van der Waals surface area (Å²) < 4.78 is 4.68. The third-order valence-corrected chi connectivity index (χ3v) is 2.96. The first-order valence-electron chi connectivity index (χ1n) is 5.66. The van der Waals surface area contributed by atoms with Crippen molar-refractivity contribution in [3.05, 3.63) is 34.9 Å². The second kappa shape index (κ2) is 6.40. The van der Waals surface area contributed by atoms with E-state index in [0.29, 0.717) is 5.02 Å². The van der Waals surface area contributed by atoms with Gasteiger partial charge in [0.25, 0.3) is 0 Å². The van der Waals surface area contributed by atoms with Crippen LogP contribution in [0, 0.1) is 0 Å². The number of hydrogen-bond acceptors (Lipinski definition) is 3. The molecule has 5 heteroatoms. The largest absolute Gasteiger partial charge is 0.459 e. The van der Waals surface area contributed by atoms with E-state index in [-0.39, 0.29) is 12.6 Å². The molecule has 0 saturated heterocycles. The molecule has 18 heavy (non-hydrogen) atoms. The van der Waals surface area contributed by atoms with Gasteiger partial charge in [0.05, 0.1) is 12.6 Å². The van der Waals surface area contributed by atoms with Gasteiger partial charge < -0.3 is 9.64 Å². The Kier molecular flexibility index (Phi) is 5.16. The summed E-state index contributed by atoms with van der Waals surface area (Å²) in [6.07, 6.45) is 0. The molecule has 0 saturated carbocycles. The Morgan fingerprint density at radius 3 is 2.39 bits per heavy atom. The van der Waals surface area contributed by atoms with E-state index < -0.39 is 11.9 Å². The standard InChI is InChI=1S/C13H16ClNO3/c1-4-18-13(17)12(16)15(3)9(2)10-5-7-11(14)8-6-10/h5-9H,4H2,1-3H3. The molecule has 1 unspecified atom stereocenters. The third kappa shape index (κ3) is 3.47. The van der Waals surface area contributed by atoms with E-state index in [9.17, 15) is 9.59 Å². The highest BCUT2D eigenvalue weighted by Crippen LogP contribution is 2.20. The average Bonchev–Trinajstić information content (AvgIpc) is 2.37. The maximum atomic E-state index is 11.7. The van der Waals surface area contributed by atoms with E-state index in [4.69, 9.17) is 11.6 Å². The van der Waals surface area contributed by atoms with Crippen LogP contribution in [0.1, 0.15) is 25.5 Å². The van der Waals surface area contributed by atoms with Gasteiger partial charge in [-0.05, 0) is 31.5 Å². The molecular weight excluding hydrogens is 254 g/mol. The summed E-state index contributed by atoms with van der Waals surface area (Å²) in [5.41, 5.74) is 0.902. The monoisotopic (exact) mass is 269 g/mol. The van der Waals surface area contributed by atoms with E-state index in [1.165, 1.54) is 4.90 Å². The molecule has 0 aliphatic heterocycles. The van der Waals surface area contributed by atoms with Crippen molar-refractivity contribution in [2.24, 2.45) is 0 Å². The van der Waals surface area contributed by atoms with Crippen LogP contribution in [0.3, 0.4) is 0 Å². The zero-order valence-corrected chi connectivity index (χ0v) is 11.4. The van der Waals surface area contributed by atoms with Crippen LogP contribution in [-0.2, 0) is 14.3 Å². The van der Waals surface area contributed by atoms with E-state index in [1.807, 2.05) is 19.1 Å².